The average Bonchev–Trinajstić information content (AvgIpc) is 3.40. The summed E-state index contributed by atoms with van der Waals surface area (Å²) in [6, 6.07) is 37.5. The van der Waals surface area contributed by atoms with Crippen LogP contribution >= 0.6 is 0 Å². The van der Waals surface area contributed by atoms with Crippen molar-refractivity contribution in [2.45, 2.75) is 46.5 Å². The predicted molar refractivity (Wildman–Crippen MR) is 283 cm³/mol. The molecular formula is C60H56O17. The molecule has 3 N–H and O–H groups in total. The number of esters is 7. The molecule has 0 saturated carbocycles. The zero-order chi connectivity index (χ0) is 56.0. The Kier molecular flexibility index (Phi) is 21.9. The number of phenols is 1. The van der Waals surface area contributed by atoms with Crippen LogP contribution in [0.1, 0.15) is 46.5 Å². The van der Waals surface area contributed by atoms with Crippen molar-refractivity contribution in [2.24, 2.45) is 0 Å². The lowest BCUT2D eigenvalue weighted by molar-refractivity contribution is -0.144. The quantitative estimate of drug-likeness (QED) is 0.0325. The molecule has 0 atom stereocenters. The van der Waals surface area contributed by atoms with Crippen LogP contribution in [0.15, 0.2) is 170 Å². The van der Waals surface area contributed by atoms with Crippen molar-refractivity contribution >= 4 is 41.8 Å². The first-order valence-electron chi connectivity index (χ1n) is 23.8. The van der Waals surface area contributed by atoms with Gasteiger partial charge in [0.15, 0.2) is 0 Å². The van der Waals surface area contributed by atoms with E-state index in [1.165, 1.54) is 13.8 Å². The number of phenolic OH excluding ortho intramolecular Hbond substituents is 1. The molecule has 0 heterocycles. The van der Waals surface area contributed by atoms with Crippen molar-refractivity contribution in [2.75, 3.05) is 26.4 Å². The third-order valence-electron chi connectivity index (χ3n) is 10.5. The van der Waals surface area contributed by atoms with E-state index < -0.39 is 41.8 Å². The van der Waals surface area contributed by atoms with Crippen molar-refractivity contribution < 1.29 is 82.0 Å². The molecule has 6 rings (SSSR count). The SMILES string of the molecule is C=C(C)C(=O)OCCC(=O)Oc1ccc(-c2cc(OC(=O)C(=C)C)cc(-c3ccc(OC(=O)CCOC(=O)C(=C)C)cc3)c2)cc1.O=C(CCO)Oc1ccc(-c2cc(O)cc(-c3ccc(OC(=O)CCO)cc3)c2)cc1. The van der Waals surface area contributed by atoms with E-state index in [-0.39, 0.29) is 80.3 Å². The van der Waals surface area contributed by atoms with Crippen LogP contribution in [-0.2, 0) is 43.0 Å². The number of carbonyl (C=O) groups excluding carboxylic acids is 7. The maximum absolute atomic E-state index is 12.3. The van der Waals surface area contributed by atoms with Crippen LogP contribution in [0.3, 0.4) is 0 Å². The lowest BCUT2D eigenvalue weighted by Gasteiger charge is -2.12. The molecule has 0 bridgehead atoms. The summed E-state index contributed by atoms with van der Waals surface area (Å²) < 4.78 is 36.3. The zero-order valence-electron chi connectivity index (χ0n) is 42.5. The molecular weight excluding hydrogens is 993 g/mol. The number of benzene rings is 6. The molecule has 0 amide bonds. The first-order chi connectivity index (χ1) is 36.8. The summed E-state index contributed by atoms with van der Waals surface area (Å²) in [6.07, 6.45) is -0.388. The number of ether oxygens (including phenoxy) is 7. The number of aromatic hydroxyl groups is 1. The fraction of sp³-hybridized carbons (Fsp3) is 0.183. The lowest BCUT2D eigenvalue weighted by atomic mass is 9.98. The van der Waals surface area contributed by atoms with Gasteiger partial charge in [-0.05, 0) is 150 Å². The van der Waals surface area contributed by atoms with Crippen molar-refractivity contribution in [1.82, 2.24) is 0 Å². The highest BCUT2D eigenvalue weighted by molar-refractivity contribution is 5.90. The van der Waals surface area contributed by atoms with E-state index in [2.05, 4.69) is 19.7 Å². The summed E-state index contributed by atoms with van der Waals surface area (Å²) in [5.41, 5.74) is 6.74. The van der Waals surface area contributed by atoms with Crippen LogP contribution < -0.4 is 23.7 Å². The Morgan fingerprint density at radius 2 is 0.623 bits per heavy atom. The van der Waals surface area contributed by atoms with Crippen LogP contribution in [0.25, 0.3) is 44.5 Å². The van der Waals surface area contributed by atoms with E-state index >= 15 is 0 Å². The third kappa shape index (κ3) is 19.1. The van der Waals surface area contributed by atoms with Gasteiger partial charge in [-0.2, -0.15) is 0 Å². The average molecular weight is 1050 g/mol. The molecule has 0 radical (unpaired) electrons. The molecule has 17 nitrogen and oxygen atoms in total. The summed E-state index contributed by atoms with van der Waals surface area (Å²) in [7, 11) is 0. The van der Waals surface area contributed by atoms with Crippen LogP contribution in [0, 0.1) is 0 Å². The number of aliphatic hydroxyl groups excluding tert-OH is 2. The fourth-order valence-electron chi connectivity index (χ4n) is 6.60. The van der Waals surface area contributed by atoms with Crippen molar-refractivity contribution in [3.63, 3.8) is 0 Å². The number of carbonyl (C=O) groups is 7. The Morgan fingerprint density at radius 1 is 0.351 bits per heavy atom. The number of aliphatic hydroxyl groups is 2. The molecule has 6 aromatic carbocycles. The molecule has 0 fully saturated rings. The van der Waals surface area contributed by atoms with E-state index in [1.807, 2.05) is 12.1 Å². The lowest BCUT2D eigenvalue weighted by Crippen LogP contribution is -2.14. The predicted octanol–water partition coefficient (Wildman–Crippen LogP) is 9.63. The maximum Gasteiger partial charge on any atom is 0.338 e. The summed E-state index contributed by atoms with van der Waals surface area (Å²) in [6.45, 7) is 14.4. The minimum Gasteiger partial charge on any atom is -0.508 e. The Balaban J connectivity index is 0.000000306. The van der Waals surface area contributed by atoms with E-state index in [4.69, 9.17) is 43.4 Å². The van der Waals surface area contributed by atoms with Gasteiger partial charge in [-0.15, -0.1) is 0 Å². The molecule has 0 aliphatic heterocycles. The molecule has 17 heteroatoms. The van der Waals surface area contributed by atoms with Crippen molar-refractivity contribution in [3.8, 4) is 79.0 Å². The highest BCUT2D eigenvalue weighted by Crippen LogP contribution is 2.35. The van der Waals surface area contributed by atoms with Crippen LogP contribution in [0.5, 0.6) is 34.5 Å². The van der Waals surface area contributed by atoms with Gasteiger partial charge in [-0.25, -0.2) is 14.4 Å². The van der Waals surface area contributed by atoms with Crippen LogP contribution in [0.2, 0.25) is 0 Å². The molecule has 0 aliphatic carbocycles. The Morgan fingerprint density at radius 3 is 0.896 bits per heavy atom. The highest BCUT2D eigenvalue weighted by atomic mass is 16.6. The smallest absolute Gasteiger partial charge is 0.338 e. The first kappa shape index (κ1) is 58.4. The summed E-state index contributed by atoms with van der Waals surface area (Å²) >= 11 is 0. The number of hydrogen-bond donors (Lipinski definition) is 3. The Labute approximate surface area is 444 Å². The number of rotatable bonds is 22. The minimum absolute atomic E-state index is 0.0723. The normalized spacial score (nSPS) is 10.4. The molecule has 77 heavy (non-hydrogen) atoms. The standard InChI is InChI=1S/C36H34O10.C24H22O7/c1-22(2)34(39)42-17-15-32(37)44-29-11-7-25(8-12-29)27-19-28(21-31(20-27)46-36(41)24(5)6)26-9-13-30(14-10-26)45-33(38)16-18-43-35(40)23(3)4;25-11-9-23(28)30-21-5-1-16(2-6-21)18-13-19(15-20(27)14-18)17-3-7-22(8-4-17)31-24(29)10-12-26/h7-14,19-21H,1,3,5,15-18H2,2,4,6H3;1-8,13-15,25-27H,9-12H2. The topological polar surface area (TPSA) is 245 Å². The van der Waals surface area contributed by atoms with E-state index in [9.17, 15) is 38.7 Å². The van der Waals surface area contributed by atoms with E-state index in [0.29, 0.717) is 34.1 Å². The molecule has 0 aromatic heterocycles. The van der Waals surface area contributed by atoms with Gasteiger partial charge in [-0.3, -0.25) is 19.2 Å². The Hall–Kier alpha value is -9.45. The molecule has 6 aromatic rings. The third-order valence-corrected chi connectivity index (χ3v) is 10.5. The monoisotopic (exact) mass is 1050 g/mol. The van der Waals surface area contributed by atoms with Crippen molar-refractivity contribution in [1.29, 1.82) is 0 Å². The fourth-order valence-corrected chi connectivity index (χ4v) is 6.60. The maximum atomic E-state index is 12.3. The summed E-state index contributed by atoms with van der Waals surface area (Å²) in [4.78, 5) is 82.5. The minimum atomic E-state index is -0.588. The van der Waals surface area contributed by atoms with Gasteiger partial charge >= 0.3 is 41.8 Å². The van der Waals surface area contributed by atoms with Gasteiger partial charge in [0.1, 0.15) is 47.7 Å². The van der Waals surface area contributed by atoms with Gasteiger partial charge in [0.05, 0.1) is 38.9 Å². The van der Waals surface area contributed by atoms with Crippen LogP contribution in [-0.4, -0.2) is 83.5 Å². The molecule has 0 aliphatic rings. The van der Waals surface area contributed by atoms with Gasteiger partial charge < -0.3 is 48.5 Å². The van der Waals surface area contributed by atoms with Gasteiger partial charge in [0.2, 0.25) is 0 Å². The molecule has 0 spiro atoms. The molecule has 0 saturated heterocycles. The van der Waals surface area contributed by atoms with Crippen LogP contribution in [0.4, 0.5) is 0 Å². The molecule has 398 valence electrons. The Bertz CT molecular complexity index is 2930. The second-order valence-electron chi connectivity index (χ2n) is 17.0. The van der Waals surface area contributed by atoms with E-state index in [0.717, 1.165) is 33.4 Å². The van der Waals surface area contributed by atoms with Gasteiger partial charge in [0, 0.05) is 16.7 Å². The van der Waals surface area contributed by atoms with Gasteiger partial charge in [0.25, 0.3) is 0 Å². The zero-order valence-corrected chi connectivity index (χ0v) is 42.5. The highest BCUT2D eigenvalue weighted by Gasteiger charge is 2.15. The van der Waals surface area contributed by atoms with Crippen molar-refractivity contribution in [3.05, 3.63) is 170 Å². The van der Waals surface area contributed by atoms with Gasteiger partial charge in [-0.1, -0.05) is 68.3 Å². The second-order valence-corrected chi connectivity index (χ2v) is 17.0. The second kappa shape index (κ2) is 28.9. The largest absolute Gasteiger partial charge is 0.508 e. The summed E-state index contributed by atoms with van der Waals surface area (Å²) in [5.74, 6) is -2.22. The summed E-state index contributed by atoms with van der Waals surface area (Å²) in [5, 5.41) is 27.7. The molecule has 0 unspecified atom stereocenters. The number of hydrogen-bond acceptors (Lipinski definition) is 17. The van der Waals surface area contributed by atoms with E-state index in [1.54, 1.807) is 128 Å². The first-order valence-corrected chi connectivity index (χ1v) is 23.8.